The van der Waals surface area contributed by atoms with Gasteiger partial charge in [-0.05, 0) is 49.9 Å². The Morgan fingerprint density at radius 1 is 1.00 bits per heavy atom. The van der Waals surface area contributed by atoms with Gasteiger partial charge in [0, 0.05) is 12.1 Å². The second-order valence-electron chi connectivity index (χ2n) is 5.82. The van der Waals surface area contributed by atoms with Crippen LogP contribution in [0, 0.1) is 20.8 Å². The van der Waals surface area contributed by atoms with Crippen LogP contribution in [0.25, 0.3) is 0 Å². The number of rotatable bonds is 5. The number of amides is 1. The predicted molar refractivity (Wildman–Crippen MR) is 91.0 cm³/mol. The number of aryl methyl sites for hydroxylation is 4. The normalized spacial score (nSPS) is 10.4. The largest absolute Gasteiger partial charge is 0.478 e. The fourth-order valence-corrected chi connectivity index (χ4v) is 2.44. The summed E-state index contributed by atoms with van der Waals surface area (Å²) in [5.74, 6) is -1.11. The van der Waals surface area contributed by atoms with Crippen LogP contribution in [0.1, 0.15) is 39.0 Å². The highest BCUT2D eigenvalue weighted by molar-refractivity contribution is 5.95. The molecule has 4 heteroatoms. The summed E-state index contributed by atoms with van der Waals surface area (Å²) in [4.78, 5) is 23.3. The van der Waals surface area contributed by atoms with E-state index in [0.29, 0.717) is 24.1 Å². The first-order chi connectivity index (χ1) is 10.9. The third kappa shape index (κ3) is 4.42. The van der Waals surface area contributed by atoms with E-state index in [1.54, 1.807) is 13.0 Å². The average molecular weight is 311 g/mol. The first kappa shape index (κ1) is 16.7. The van der Waals surface area contributed by atoms with Crippen LogP contribution >= 0.6 is 0 Å². The number of hydrogen-bond donors (Lipinski definition) is 2. The summed E-state index contributed by atoms with van der Waals surface area (Å²) in [6, 6.07) is 11.4. The summed E-state index contributed by atoms with van der Waals surface area (Å²) < 4.78 is 0. The van der Waals surface area contributed by atoms with Crippen molar-refractivity contribution in [3.63, 3.8) is 0 Å². The molecule has 0 aromatic heterocycles. The van der Waals surface area contributed by atoms with E-state index in [2.05, 4.69) is 5.32 Å². The van der Waals surface area contributed by atoms with Crippen molar-refractivity contribution in [2.24, 2.45) is 0 Å². The van der Waals surface area contributed by atoms with E-state index in [-0.39, 0.29) is 11.5 Å². The maximum Gasteiger partial charge on any atom is 0.336 e. The molecule has 0 aliphatic heterocycles. The Morgan fingerprint density at radius 3 is 2.26 bits per heavy atom. The second kappa shape index (κ2) is 7.09. The summed E-state index contributed by atoms with van der Waals surface area (Å²) in [7, 11) is 0. The molecule has 0 bridgehead atoms. The van der Waals surface area contributed by atoms with Crippen molar-refractivity contribution < 1.29 is 14.7 Å². The molecule has 23 heavy (non-hydrogen) atoms. The lowest BCUT2D eigenvalue weighted by atomic mass is 10.0. The SMILES string of the molecule is Cc1ccc(CCC(=O)Nc2cc(C(=O)O)c(C)cc2C)cc1. The van der Waals surface area contributed by atoms with Crippen LogP contribution in [-0.2, 0) is 11.2 Å². The van der Waals surface area contributed by atoms with Crippen molar-refractivity contribution in [3.05, 3.63) is 64.2 Å². The van der Waals surface area contributed by atoms with Crippen molar-refractivity contribution in [1.29, 1.82) is 0 Å². The van der Waals surface area contributed by atoms with Crippen LogP contribution in [0.5, 0.6) is 0 Å². The molecule has 0 heterocycles. The minimum absolute atomic E-state index is 0.117. The summed E-state index contributed by atoms with van der Waals surface area (Å²) in [5, 5.41) is 12.0. The highest BCUT2D eigenvalue weighted by Gasteiger charge is 2.12. The van der Waals surface area contributed by atoms with Gasteiger partial charge in [-0.1, -0.05) is 35.9 Å². The number of aromatic carboxylic acids is 1. The van der Waals surface area contributed by atoms with Gasteiger partial charge >= 0.3 is 5.97 Å². The highest BCUT2D eigenvalue weighted by Crippen LogP contribution is 2.21. The summed E-state index contributed by atoms with van der Waals surface area (Å²) in [6.45, 7) is 5.63. The molecule has 4 nitrogen and oxygen atoms in total. The predicted octanol–water partition coefficient (Wildman–Crippen LogP) is 3.88. The van der Waals surface area contributed by atoms with Gasteiger partial charge in [0.05, 0.1) is 5.56 Å². The van der Waals surface area contributed by atoms with Gasteiger partial charge in [0.2, 0.25) is 5.91 Å². The van der Waals surface area contributed by atoms with E-state index in [1.807, 2.05) is 38.1 Å². The van der Waals surface area contributed by atoms with Crippen LogP contribution in [0.15, 0.2) is 36.4 Å². The zero-order chi connectivity index (χ0) is 17.0. The molecule has 2 rings (SSSR count). The quantitative estimate of drug-likeness (QED) is 0.880. The van der Waals surface area contributed by atoms with Crippen LogP contribution < -0.4 is 5.32 Å². The maximum atomic E-state index is 12.1. The van der Waals surface area contributed by atoms with Crippen molar-refractivity contribution in [1.82, 2.24) is 0 Å². The van der Waals surface area contributed by atoms with E-state index in [9.17, 15) is 14.7 Å². The van der Waals surface area contributed by atoms with Crippen LogP contribution in [0.4, 0.5) is 5.69 Å². The molecule has 2 aromatic carbocycles. The molecule has 0 saturated heterocycles. The lowest BCUT2D eigenvalue weighted by Crippen LogP contribution is -2.14. The van der Waals surface area contributed by atoms with E-state index in [4.69, 9.17) is 0 Å². The lowest BCUT2D eigenvalue weighted by molar-refractivity contribution is -0.116. The molecule has 120 valence electrons. The number of carboxylic acids is 1. The van der Waals surface area contributed by atoms with Crippen molar-refractivity contribution in [2.45, 2.75) is 33.6 Å². The lowest BCUT2D eigenvalue weighted by Gasteiger charge is -2.11. The second-order valence-corrected chi connectivity index (χ2v) is 5.82. The van der Waals surface area contributed by atoms with Gasteiger partial charge in [-0.25, -0.2) is 4.79 Å². The number of carbonyl (C=O) groups excluding carboxylic acids is 1. The molecular weight excluding hydrogens is 290 g/mol. The molecule has 1 amide bonds. The molecule has 2 aromatic rings. The zero-order valence-electron chi connectivity index (χ0n) is 13.6. The Kier molecular flexibility index (Phi) is 5.16. The number of carboxylic acid groups (broad SMARTS) is 1. The monoisotopic (exact) mass is 311 g/mol. The molecule has 0 aliphatic carbocycles. The maximum absolute atomic E-state index is 12.1. The number of benzene rings is 2. The molecule has 0 atom stereocenters. The number of anilines is 1. The van der Waals surface area contributed by atoms with Gasteiger partial charge in [0.15, 0.2) is 0 Å². The average Bonchev–Trinajstić information content (AvgIpc) is 2.49. The fraction of sp³-hybridized carbons (Fsp3) is 0.263. The van der Waals surface area contributed by atoms with Crippen LogP contribution in [0.3, 0.4) is 0 Å². The zero-order valence-corrected chi connectivity index (χ0v) is 13.6. The number of hydrogen-bond acceptors (Lipinski definition) is 2. The Morgan fingerprint density at radius 2 is 1.65 bits per heavy atom. The van der Waals surface area contributed by atoms with Crippen LogP contribution in [-0.4, -0.2) is 17.0 Å². The van der Waals surface area contributed by atoms with Gasteiger partial charge in [-0.2, -0.15) is 0 Å². The Balaban J connectivity index is 2.03. The summed E-state index contributed by atoms with van der Waals surface area (Å²) in [6.07, 6.45) is 1.02. The molecular formula is C19H21NO3. The van der Waals surface area contributed by atoms with Gasteiger partial charge in [0.25, 0.3) is 0 Å². The fourth-order valence-electron chi connectivity index (χ4n) is 2.44. The van der Waals surface area contributed by atoms with Crippen molar-refractivity contribution in [3.8, 4) is 0 Å². The molecule has 0 fully saturated rings. The van der Waals surface area contributed by atoms with E-state index in [0.717, 1.165) is 11.1 Å². The highest BCUT2D eigenvalue weighted by atomic mass is 16.4. The standard InChI is InChI=1S/C19H21NO3/c1-12-4-6-15(7-5-12)8-9-18(21)20-17-11-16(19(22)23)13(2)10-14(17)3/h4-7,10-11H,8-9H2,1-3H3,(H,20,21)(H,22,23). The number of carbonyl (C=O) groups is 2. The smallest absolute Gasteiger partial charge is 0.336 e. The van der Waals surface area contributed by atoms with Gasteiger partial charge in [-0.15, -0.1) is 0 Å². The molecule has 0 radical (unpaired) electrons. The van der Waals surface area contributed by atoms with Gasteiger partial charge in [0.1, 0.15) is 0 Å². The Labute approximate surface area is 136 Å². The van der Waals surface area contributed by atoms with Gasteiger partial charge in [-0.3, -0.25) is 4.79 Å². The minimum atomic E-state index is -0.988. The molecule has 0 saturated carbocycles. The van der Waals surface area contributed by atoms with E-state index in [1.165, 1.54) is 11.6 Å². The first-order valence-corrected chi connectivity index (χ1v) is 7.57. The first-order valence-electron chi connectivity index (χ1n) is 7.57. The third-order valence-corrected chi connectivity index (χ3v) is 3.84. The van der Waals surface area contributed by atoms with Gasteiger partial charge < -0.3 is 10.4 Å². The van der Waals surface area contributed by atoms with Crippen molar-refractivity contribution in [2.75, 3.05) is 5.32 Å². The van der Waals surface area contributed by atoms with Crippen LogP contribution in [0.2, 0.25) is 0 Å². The van der Waals surface area contributed by atoms with E-state index >= 15 is 0 Å². The topological polar surface area (TPSA) is 66.4 Å². The molecule has 0 aliphatic rings. The Bertz CT molecular complexity index is 733. The Hall–Kier alpha value is -2.62. The third-order valence-electron chi connectivity index (χ3n) is 3.84. The minimum Gasteiger partial charge on any atom is -0.478 e. The molecule has 2 N–H and O–H groups in total. The summed E-state index contributed by atoms with van der Waals surface area (Å²) >= 11 is 0. The van der Waals surface area contributed by atoms with Crippen molar-refractivity contribution >= 4 is 17.6 Å². The molecule has 0 unspecified atom stereocenters. The van der Waals surface area contributed by atoms with E-state index < -0.39 is 5.97 Å². The number of nitrogens with one attached hydrogen (secondary N) is 1. The molecule has 0 spiro atoms. The summed E-state index contributed by atoms with van der Waals surface area (Å²) in [5.41, 5.74) is 4.61.